The first-order valence-corrected chi connectivity index (χ1v) is 12.6. The van der Waals surface area contributed by atoms with Gasteiger partial charge in [-0.15, -0.1) is 0 Å². The first kappa shape index (κ1) is 25.8. The summed E-state index contributed by atoms with van der Waals surface area (Å²) in [5.74, 6) is -3.64. The smallest absolute Gasteiger partial charge is 0.314 e. The molecular weight excluding hydrogens is 465 g/mol. The van der Waals surface area contributed by atoms with Gasteiger partial charge in [0.2, 0.25) is 5.82 Å². The maximum Gasteiger partial charge on any atom is 0.314 e. The van der Waals surface area contributed by atoms with Gasteiger partial charge in [0.25, 0.3) is 0 Å². The van der Waals surface area contributed by atoms with Gasteiger partial charge in [0.05, 0.1) is 12.5 Å². The molecule has 3 aromatic rings. The highest BCUT2D eigenvalue weighted by molar-refractivity contribution is 5.76. The fraction of sp³-hybridized carbons (Fsp3) is 0.367. The van der Waals surface area contributed by atoms with Gasteiger partial charge in [-0.1, -0.05) is 43.7 Å². The number of hydrogen-bond donors (Lipinski definition) is 0. The number of carbonyl (C=O) groups excluding carboxylic acids is 1. The summed E-state index contributed by atoms with van der Waals surface area (Å²) in [5, 5.41) is 0. The molecule has 6 heteroatoms. The molecule has 0 aromatic heterocycles. The highest BCUT2D eigenvalue weighted by Crippen LogP contribution is 2.38. The van der Waals surface area contributed by atoms with E-state index in [1.807, 2.05) is 18.2 Å². The van der Waals surface area contributed by atoms with Crippen molar-refractivity contribution in [3.8, 4) is 22.6 Å². The molecule has 36 heavy (non-hydrogen) atoms. The van der Waals surface area contributed by atoms with Gasteiger partial charge in [-0.2, -0.15) is 4.39 Å². The molecule has 190 valence electrons. The van der Waals surface area contributed by atoms with E-state index in [2.05, 4.69) is 6.92 Å². The zero-order chi connectivity index (χ0) is 25.7. The number of hydrogen-bond acceptors (Lipinski definition) is 3. The third kappa shape index (κ3) is 5.75. The molecule has 0 N–H and O–H groups in total. The van der Waals surface area contributed by atoms with Crippen LogP contribution in [0.3, 0.4) is 0 Å². The van der Waals surface area contributed by atoms with Crippen molar-refractivity contribution in [3.05, 3.63) is 83.2 Å². The standard InChI is InChI=1S/C30H31F3O3/c1-3-5-19-6-8-21(9-7-19)24-15-17-27(29(33)28(24)32)36-30(34)22-12-10-20(11-13-22)23-14-16-26(35-4-2)25(31)18-23/h6-9,14-18,20,22H,3-5,10-13H2,1-2H3. The van der Waals surface area contributed by atoms with Gasteiger partial charge in [0.15, 0.2) is 23.1 Å². The van der Waals surface area contributed by atoms with Gasteiger partial charge in [-0.25, -0.2) is 8.78 Å². The van der Waals surface area contributed by atoms with E-state index in [1.165, 1.54) is 18.2 Å². The van der Waals surface area contributed by atoms with Crippen molar-refractivity contribution in [2.75, 3.05) is 6.61 Å². The molecule has 0 atom stereocenters. The van der Waals surface area contributed by atoms with E-state index < -0.39 is 35.1 Å². The molecule has 4 rings (SSSR count). The molecule has 0 saturated heterocycles. The van der Waals surface area contributed by atoms with Gasteiger partial charge in [-0.3, -0.25) is 4.79 Å². The predicted molar refractivity (Wildman–Crippen MR) is 134 cm³/mol. The van der Waals surface area contributed by atoms with E-state index in [0.29, 0.717) is 37.9 Å². The summed E-state index contributed by atoms with van der Waals surface area (Å²) >= 11 is 0. The molecule has 0 unspecified atom stereocenters. The lowest BCUT2D eigenvalue weighted by atomic mass is 9.78. The van der Waals surface area contributed by atoms with Crippen LogP contribution in [0.5, 0.6) is 11.5 Å². The van der Waals surface area contributed by atoms with Crippen LogP contribution >= 0.6 is 0 Å². The number of rotatable bonds is 8. The molecular formula is C30H31F3O3. The molecule has 1 aliphatic rings. The van der Waals surface area contributed by atoms with E-state index in [4.69, 9.17) is 9.47 Å². The second-order valence-electron chi connectivity index (χ2n) is 9.28. The quantitative estimate of drug-likeness (QED) is 0.234. The molecule has 1 saturated carbocycles. The molecule has 0 heterocycles. The van der Waals surface area contributed by atoms with Crippen LogP contribution in [0.4, 0.5) is 13.2 Å². The summed E-state index contributed by atoms with van der Waals surface area (Å²) in [6.07, 6.45) is 4.35. The van der Waals surface area contributed by atoms with E-state index in [0.717, 1.165) is 24.0 Å². The summed E-state index contributed by atoms with van der Waals surface area (Å²) in [6.45, 7) is 4.27. The molecule has 3 nitrogen and oxygen atoms in total. The van der Waals surface area contributed by atoms with Crippen molar-refractivity contribution < 1.29 is 27.4 Å². The normalized spacial score (nSPS) is 17.6. The van der Waals surface area contributed by atoms with Crippen molar-refractivity contribution in [1.82, 2.24) is 0 Å². The zero-order valence-electron chi connectivity index (χ0n) is 20.7. The number of aryl methyl sites for hydroxylation is 1. The Labute approximate surface area is 210 Å². The van der Waals surface area contributed by atoms with Crippen molar-refractivity contribution >= 4 is 5.97 Å². The molecule has 1 fully saturated rings. The average molecular weight is 497 g/mol. The van der Waals surface area contributed by atoms with Gasteiger partial charge in [0, 0.05) is 5.56 Å². The number of esters is 1. The largest absolute Gasteiger partial charge is 0.491 e. The van der Waals surface area contributed by atoms with Crippen LogP contribution in [0.15, 0.2) is 54.6 Å². The Hall–Kier alpha value is -3.28. The molecule has 0 aliphatic heterocycles. The van der Waals surface area contributed by atoms with Crippen LogP contribution in [0.1, 0.15) is 63.0 Å². The minimum Gasteiger partial charge on any atom is -0.491 e. The van der Waals surface area contributed by atoms with Crippen LogP contribution in [0, 0.1) is 23.4 Å². The van der Waals surface area contributed by atoms with Crippen LogP contribution < -0.4 is 9.47 Å². The van der Waals surface area contributed by atoms with E-state index in [9.17, 15) is 18.0 Å². The minimum absolute atomic E-state index is 0.122. The highest BCUT2D eigenvalue weighted by atomic mass is 19.2. The Morgan fingerprint density at radius 2 is 1.56 bits per heavy atom. The first-order chi connectivity index (χ1) is 17.4. The average Bonchev–Trinajstić information content (AvgIpc) is 2.89. The lowest BCUT2D eigenvalue weighted by Gasteiger charge is -2.27. The minimum atomic E-state index is -1.17. The fourth-order valence-corrected chi connectivity index (χ4v) is 4.87. The van der Waals surface area contributed by atoms with Crippen molar-refractivity contribution in [1.29, 1.82) is 0 Å². The highest BCUT2D eigenvalue weighted by Gasteiger charge is 2.30. The fourth-order valence-electron chi connectivity index (χ4n) is 4.87. The summed E-state index contributed by atoms with van der Waals surface area (Å²) in [7, 11) is 0. The Morgan fingerprint density at radius 1 is 0.861 bits per heavy atom. The van der Waals surface area contributed by atoms with Gasteiger partial charge in [0.1, 0.15) is 0 Å². The summed E-state index contributed by atoms with van der Waals surface area (Å²) in [6, 6.07) is 15.1. The lowest BCUT2D eigenvalue weighted by molar-refractivity contribution is -0.140. The summed E-state index contributed by atoms with van der Waals surface area (Å²) in [4.78, 5) is 12.7. The predicted octanol–water partition coefficient (Wildman–Crippen LogP) is 8.00. The van der Waals surface area contributed by atoms with Crippen LogP contribution in [0.2, 0.25) is 0 Å². The number of ether oxygens (including phenoxy) is 2. The Kier molecular flexibility index (Phi) is 8.34. The van der Waals surface area contributed by atoms with Crippen molar-refractivity contribution in [3.63, 3.8) is 0 Å². The third-order valence-corrected chi connectivity index (χ3v) is 6.85. The van der Waals surface area contributed by atoms with Gasteiger partial charge < -0.3 is 9.47 Å². The van der Waals surface area contributed by atoms with Crippen LogP contribution in [-0.2, 0) is 11.2 Å². The third-order valence-electron chi connectivity index (χ3n) is 6.85. The number of benzene rings is 3. The summed E-state index contributed by atoms with van der Waals surface area (Å²) < 4.78 is 54.4. The molecule has 0 spiro atoms. The molecule has 1 aliphatic carbocycles. The van der Waals surface area contributed by atoms with Crippen LogP contribution in [0.25, 0.3) is 11.1 Å². The Morgan fingerprint density at radius 3 is 2.19 bits per heavy atom. The van der Waals surface area contributed by atoms with Crippen LogP contribution in [-0.4, -0.2) is 12.6 Å². The first-order valence-electron chi connectivity index (χ1n) is 12.6. The molecule has 0 amide bonds. The Balaban J connectivity index is 1.38. The topological polar surface area (TPSA) is 35.5 Å². The monoisotopic (exact) mass is 496 g/mol. The van der Waals surface area contributed by atoms with E-state index >= 15 is 0 Å². The van der Waals surface area contributed by atoms with Crippen molar-refractivity contribution in [2.45, 2.75) is 58.3 Å². The summed E-state index contributed by atoms with van der Waals surface area (Å²) in [5.41, 5.74) is 2.69. The second-order valence-corrected chi connectivity index (χ2v) is 9.28. The number of halogens is 3. The molecule has 0 radical (unpaired) electrons. The molecule has 3 aromatic carbocycles. The molecule has 0 bridgehead atoms. The maximum atomic E-state index is 14.8. The maximum absolute atomic E-state index is 14.8. The van der Waals surface area contributed by atoms with Gasteiger partial charge in [-0.05, 0) is 85.9 Å². The van der Waals surface area contributed by atoms with Crippen molar-refractivity contribution in [2.24, 2.45) is 5.92 Å². The lowest BCUT2D eigenvalue weighted by Crippen LogP contribution is -2.25. The van der Waals surface area contributed by atoms with E-state index in [-0.39, 0.29) is 17.2 Å². The van der Waals surface area contributed by atoms with Gasteiger partial charge >= 0.3 is 5.97 Å². The van der Waals surface area contributed by atoms with E-state index in [1.54, 1.807) is 25.1 Å². The zero-order valence-corrected chi connectivity index (χ0v) is 20.7. The second kappa shape index (κ2) is 11.6. The number of carbonyl (C=O) groups is 1. The SMILES string of the molecule is CCCc1ccc(-c2ccc(OC(=O)C3CCC(c4ccc(OCC)c(F)c4)CC3)c(F)c2F)cc1. The Bertz CT molecular complexity index is 1200.